The monoisotopic (exact) mass is 411 g/mol. The maximum absolute atomic E-state index is 13.1. The summed E-state index contributed by atoms with van der Waals surface area (Å²) in [6, 6.07) is 19.5. The van der Waals surface area contributed by atoms with Gasteiger partial charge in [-0.15, -0.1) is 0 Å². The Hall–Kier alpha value is -4.13. The van der Waals surface area contributed by atoms with Crippen molar-refractivity contribution in [3.05, 3.63) is 94.9 Å². The van der Waals surface area contributed by atoms with Crippen LogP contribution in [0.5, 0.6) is 5.75 Å². The summed E-state index contributed by atoms with van der Waals surface area (Å²) in [6.07, 6.45) is 3.67. The van der Waals surface area contributed by atoms with Crippen LogP contribution in [0.1, 0.15) is 11.4 Å². The molecule has 0 saturated carbocycles. The Morgan fingerprint density at radius 3 is 2.71 bits per heavy atom. The second kappa shape index (κ2) is 7.60. The number of rotatable bonds is 5. The first-order valence-electron chi connectivity index (χ1n) is 9.96. The fourth-order valence-electron chi connectivity index (χ4n) is 3.79. The van der Waals surface area contributed by atoms with E-state index in [0.29, 0.717) is 12.4 Å². The molecule has 5 rings (SSSR count). The molecular weight excluding hydrogens is 390 g/mol. The smallest absolute Gasteiger partial charge is 0.351 e. The fraction of sp³-hybridized carbons (Fsp3) is 0.125. The quantitative estimate of drug-likeness (QED) is 0.475. The molecule has 0 radical (unpaired) electrons. The van der Waals surface area contributed by atoms with Gasteiger partial charge in [-0.05, 0) is 60.0 Å². The molecule has 0 aliphatic rings. The number of pyridine rings is 1. The summed E-state index contributed by atoms with van der Waals surface area (Å²) in [5.41, 5.74) is 4.52. The predicted molar refractivity (Wildman–Crippen MR) is 120 cm³/mol. The third-order valence-corrected chi connectivity index (χ3v) is 5.41. The third-order valence-electron chi connectivity index (χ3n) is 5.41. The summed E-state index contributed by atoms with van der Waals surface area (Å²) in [6.45, 7) is 2.27. The maximum atomic E-state index is 13.1. The average molecular weight is 411 g/mol. The van der Waals surface area contributed by atoms with Gasteiger partial charge in [0.2, 0.25) is 0 Å². The average Bonchev–Trinajstić information content (AvgIpc) is 3.39. The van der Waals surface area contributed by atoms with Crippen LogP contribution in [0.2, 0.25) is 0 Å². The molecule has 0 saturated heterocycles. The van der Waals surface area contributed by atoms with E-state index in [2.05, 4.69) is 15.1 Å². The molecule has 0 fully saturated rings. The van der Waals surface area contributed by atoms with Crippen molar-refractivity contribution in [1.82, 2.24) is 24.3 Å². The van der Waals surface area contributed by atoms with Crippen molar-refractivity contribution in [2.75, 3.05) is 7.11 Å². The van der Waals surface area contributed by atoms with Crippen LogP contribution in [-0.4, -0.2) is 31.4 Å². The van der Waals surface area contributed by atoms with Crippen LogP contribution in [0.4, 0.5) is 0 Å². The molecule has 1 N–H and O–H groups in total. The Labute approximate surface area is 178 Å². The van der Waals surface area contributed by atoms with E-state index >= 15 is 0 Å². The number of nitrogens with one attached hydrogen (secondary N) is 1. The molecule has 3 aromatic heterocycles. The van der Waals surface area contributed by atoms with Gasteiger partial charge in [-0.3, -0.25) is 4.57 Å². The number of hydrogen-bond acceptors (Lipinski definition) is 4. The molecule has 31 heavy (non-hydrogen) atoms. The zero-order valence-electron chi connectivity index (χ0n) is 17.2. The van der Waals surface area contributed by atoms with E-state index in [1.54, 1.807) is 17.9 Å². The van der Waals surface area contributed by atoms with Gasteiger partial charge in [-0.25, -0.2) is 9.78 Å². The van der Waals surface area contributed by atoms with Crippen LogP contribution in [-0.2, 0) is 6.54 Å². The molecular formula is C24H21N5O2. The zero-order chi connectivity index (χ0) is 21.4. The zero-order valence-corrected chi connectivity index (χ0v) is 17.2. The van der Waals surface area contributed by atoms with Gasteiger partial charge in [-0.2, -0.15) is 9.78 Å². The first kappa shape index (κ1) is 18.9. The number of aryl methyl sites for hydroxylation is 1. The van der Waals surface area contributed by atoms with Crippen LogP contribution in [0.3, 0.4) is 0 Å². The summed E-state index contributed by atoms with van der Waals surface area (Å²) in [7, 11) is 1.63. The maximum Gasteiger partial charge on any atom is 0.351 e. The normalized spacial score (nSPS) is 11.2. The second-order valence-electron chi connectivity index (χ2n) is 7.32. The van der Waals surface area contributed by atoms with E-state index in [1.165, 1.54) is 4.68 Å². The van der Waals surface area contributed by atoms with Gasteiger partial charge in [0, 0.05) is 17.8 Å². The van der Waals surface area contributed by atoms with Crippen molar-refractivity contribution in [2.24, 2.45) is 0 Å². The fourth-order valence-corrected chi connectivity index (χ4v) is 3.79. The minimum Gasteiger partial charge on any atom is -0.497 e. The van der Waals surface area contributed by atoms with Crippen molar-refractivity contribution in [1.29, 1.82) is 0 Å². The number of H-pyrrole nitrogens is 1. The number of methoxy groups -OCH3 is 1. The van der Waals surface area contributed by atoms with Gasteiger partial charge >= 0.3 is 5.69 Å². The first-order valence-corrected chi connectivity index (χ1v) is 9.96. The molecule has 0 atom stereocenters. The molecule has 0 amide bonds. The molecule has 7 heteroatoms. The minimum absolute atomic E-state index is 0.176. The molecule has 0 aliphatic carbocycles. The van der Waals surface area contributed by atoms with Crippen LogP contribution in [0, 0.1) is 6.92 Å². The van der Waals surface area contributed by atoms with Crippen molar-refractivity contribution in [3.63, 3.8) is 0 Å². The Morgan fingerprint density at radius 1 is 1.06 bits per heavy atom. The lowest BCUT2D eigenvalue weighted by molar-refractivity contribution is 0.414. The Balaban J connectivity index is 1.48. The van der Waals surface area contributed by atoms with Gasteiger partial charge in [-0.1, -0.05) is 24.3 Å². The standard InChI is InChI=1S/C24H21N5O2/c1-16-27-29(24(30)28(16)15-17-4-3-5-20(14-17)31-2)19-8-6-18(7-9-19)21-10-12-25-23-22(21)11-13-26-23/h3-14H,15H2,1-2H3,(H,25,26). The summed E-state index contributed by atoms with van der Waals surface area (Å²) in [5, 5.41) is 5.55. The van der Waals surface area contributed by atoms with Gasteiger partial charge in [0.15, 0.2) is 0 Å². The molecule has 0 aliphatic heterocycles. The molecule has 0 spiro atoms. The second-order valence-corrected chi connectivity index (χ2v) is 7.32. The molecule has 0 bridgehead atoms. The van der Waals surface area contributed by atoms with Crippen molar-refractivity contribution >= 4 is 11.0 Å². The molecule has 0 unspecified atom stereocenters. The van der Waals surface area contributed by atoms with E-state index in [9.17, 15) is 4.79 Å². The highest BCUT2D eigenvalue weighted by molar-refractivity contribution is 5.92. The predicted octanol–water partition coefficient (Wildman–Crippen LogP) is 3.94. The van der Waals surface area contributed by atoms with Gasteiger partial charge in [0.05, 0.1) is 19.3 Å². The lowest BCUT2D eigenvalue weighted by atomic mass is 10.0. The van der Waals surface area contributed by atoms with Gasteiger partial charge in [0.1, 0.15) is 17.2 Å². The van der Waals surface area contributed by atoms with E-state index < -0.39 is 0 Å². The highest BCUT2D eigenvalue weighted by atomic mass is 16.5. The van der Waals surface area contributed by atoms with Crippen molar-refractivity contribution < 1.29 is 4.74 Å². The van der Waals surface area contributed by atoms with Crippen LogP contribution >= 0.6 is 0 Å². The number of aromatic amines is 1. The topological polar surface area (TPSA) is 77.7 Å². The molecule has 3 heterocycles. The first-order chi connectivity index (χ1) is 15.1. The summed E-state index contributed by atoms with van der Waals surface area (Å²) < 4.78 is 8.39. The number of fused-ring (bicyclic) bond motifs is 1. The summed E-state index contributed by atoms with van der Waals surface area (Å²) in [5.74, 6) is 1.42. The molecule has 154 valence electrons. The molecule has 7 nitrogen and oxygen atoms in total. The SMILES string of the molecule is COc1cccc(Cn2c(C)nn(-c3ccc(-c4ccnc5[nH]ccc45)cc3)c2=O)c1. The number of ether oxygens (including phenoxy) is 1. The minimum atomic E-state index is -0.176. The Morgan fingerprint density at radius 2 is 1.90 bits per heavy atom. The highest BCUT2D eigenvalue weighted by Gasteiger charge is 2.13. The Kier molecular flexibility index (Phi) is 4.63. The molecule has 2 aromatic carbocycles. The summed E-state index contributed by atoms with van der Waals surface area (Å²) >= 11 is 0. The van der Waals surface area contributed by atoms with Crippen LogP contribution < -0.4 is 10.4 Å². The lowest BCUT2D eigenvalue weighted by Gasteiger charge is -2.06. The van der Waals surface area contributed by atoms with Crippen LogP contribution in [0.25, 0.3) is 27.8 Å². The van der Waals surface area contributed by atoms with Gasteiger partial charge in [0.25, 0.3) is 0 Å². The Bertz CT molecular complexity index is 1430. The van der Waals surface area contributed by atoms with E-state index in [-0.39, 0.29) is 5.69 Å². The number of hydrogen-bond donors (Lipinski definition) is 1. The number of aromatic nitrogens is 5. The number of nitrogens with zero attached hydrogens (tertiary/aromatic N) is 4. The largest absolute Gasteiger partial charge is 0.497 e. The number of benzene rings is 2. The van der Waals surface area contributed by atoms with Crippen LogP contribution in [0.15, 0.2) is 77.9 Å². The van der Waals surface area contributed by atoms with E-state index in [4.69, 9.17) is 4.74 Å². The molecule has 5 aromatic rings. The van der Waals surface area contributed by atoms with Gasteiger partial charge < -0.3 is 9.72 Å². The lowest BCUT2D eigenvalue weighted by Crippen LogP contribution is -2.24. The van der Waals surface area contributed by atoms with Crippen molar-refractivity contribution in [3.8, 4) is 22.6 Å². The van der Waals surface area contributed by atoms with E-state index in [1.807, 2.05) is 73.8 Å². The highest BCUT2D eigenvalue weighted by Crippen LogP contribution is 2.27. The third kappa shape index (κ3) is 3.40. The summed E-state index contributed by atoms with van der Waals surface area (Å²) in [4.78, 5) is 20.5. The van der Waals surface area contributed by atoms with Crippen molar-refractivity contribution in [2.45, 2.75) is 13.5 Å². The van der Waals surface area contributed by atoms with E-state index in [0.717, 1.165) is 39.2 Å².